The topological polar surface area (TPSA) is 15.7 Å². The van der Waals surface area contributed by atoms with Gasteiger partial charge in [0.1, 0.15) is 0 Å². The SMILES string of the molecule is CC(C)(C)CCCN1CCOC2(CCN(C(C)(C)C)CC2)C1. The van der Waals surface area contributed by atoms with Gasteiger partial charge in [-0.3, -0.25) is 9.80 Å². The van der Waals surface area contributed by atoms with Crippen LogP contribution >= 0.6 is 0 Å². The molecule has 0 aromatic carbocycles. The number of morpholine rings is 1. The van der Waals surface area contributed by atoms with Crippen molar-refractivity contribution in [2.24, 2.45) is 5.41 Å². The Labute approximate surface area is 138 Å². The van der Waals surface area contributed by atoms with Crippen LogP contribution in [0.1, 0.15) is 67.2 Å². The second-order valence-electron chi connectivity index (χ2n) is 9.63. The summed E-state index contributed by atoms with van der Waals surface area (Å²) >= 11 is 0. The van der Waals surface area contributed by atoms with Gasteiger partial charge in [-0.15, -0.1) is 0 Å². The van der Waals surface area contributed by atoms with Gasteiger partial charge in [0, 0.05) is 31.7 Å². The van der Waals surface area contributed by atoms with Crippen LogP contribution in [0.5, 0.6) is 0 Å². The highest BCUT2D eigenvalue weighted by molar-refractivity contribution is 4.95. The Morgan fingerprint density at radius 1 is 0.955 bits per heavy atom. The van der Waals surface area contributed by atoms with Gasteiger partial charge < -0.3 is 4.74 Å². The van der Waals surface area contributed by atoms with Gasteiger partial charge in [-0.2, -0.15) is 0 Å². The zero-order chi connectivity index (χ0) is 16.4. The Bertz CT molecular complexity index is 345. The van der Waals surface area contributed by atoms with Crippen LogP contribution in [0.4, 0.5) is 0 Å². The summed E-state index contributed by atoms with van der Waals surface area (Å²) in [6.07, 6.45) is 5.02. The molecule has 22 heavy (non-hydrogen) atoms. The molecule has 2 saturated heterocycles. The van der Waals surface area contributed by atoms with Gasteiger partial charge in [0.25, 0.3) is 0 Å². The lowest BCUT2D eigenvalue weighted by molar-refractivity contribution is -0.142. The molecule has 130 valence electrons. The predicted octanol–water partition coefficient (Wildman–Crippen LogP) is 3.78. The standard InChI is InChI=1S/C19H38N2O/c1-17(2,3)8-7-11-20-14-15-22-19(16-20)9-12-21(13-10-19)18(4,5)6/h7-16H2,1-6H3. The largest absolute Gasteiger partial charge is 0.372 e. The van der Waals surface area contributed by atoms with Crippen LogP contribution in [0.2, 0.25) is 0 Å². The minimum absolute atomic E-state index is 0.141. The van der Waals surface area contributed by atoms with E-state index >= 15 is 0 Å². The van der Waals surface area contributed by atoms with Gasteiger partial charge in [-0.1, -0.05) is 20.8 Å². The van der Waals surface area contributed by atoms with Crippen LogP contribution in [0.15, 0.2) is 0 Å². The van der Waals surface area contributed by atoms with Gasteiger partial charge in [-0.25, -0.2) is 0 Å². The van der Waals surface area contributed by atoms with Crippen molar-refractivity contribution in [3.63, 3.8) is 0 Å². The van der Waals surface area contributed by atoms with Gasteiger partial charge in [0.05, 0.1) is 12.2 Å². The fraction of sp³-hybridized carbons (Fsp3) is 1.00. The fourth-order valence-electron chi connectivity index (χ4n) is 3.83. The molecule has 3 nitrogen and oxygen atoms in total. The lowest BCUT2D eigenvalue weighted by atomic mass is 9.86. The molecule has 3 heteroatoms. The third-order valence-electron chi connectivity index (χ3n) is 5.35. The number of hydrogen-bond acceptors (Lipinski definition) is 3. The van der Waals surface area contributed by atoms with E-state index in [0.29, 0.717) is 11.0 Å². The molecule has 2 heterocycles. The van der Waals surface area contributed by atoms with E-state index in [1.165, 1.54) is 45.3 Å². The second-order valence-corrected chi connectivity index (χ2v) is 9.63. The van der Waals surface area contributed by atoms with Gasteiger partial charge in [-0.05, 0) is 58.4 Å². The molecule has 0 aliphatic carbocycles. The van der Waals surface area contributed by atoms with E-state index in [2.05, 4.69) is 51.3 Å². The normalized spacial score (nSPS) is 24.8. The molecule has 2 aliphatic rings. The summed E-state index contributed by atoms with van der Waals surface area (Å²) in [7, 11) is 0. The Kier molecular flexibility index (Phi) is 5.62. The highest BCUT2D eigenvalue weighted by atomic mass is 16.5. The summed E-state index contributed by atoms with van der Waals surface area (Å²) in [5.74, 6) is 0. The molecule has 0 atom stereocenters. The first kappa shape index (κ1) is 18.2. The van der Waals surface area contributed by atoms with Gasteiger partial charge >= 0.3 is 0 Å². The summed E-state index contributed by atoms with van der Waals surface area (Å²) in [6, 6.07) is 0. The van der Waals surface area contributed by atoms with Crippen molar-refractivity contribution in [2.45, 2.75) is 78.4 Å². The molecule has 2 fully saturated rings. The minimum Gasteiger partial charge on any atom is -0.372 e. The molecule has 0 aromatic rings. The first-order valence-electron chi connectivity index (χ1n) is 9.21. The number of rotatable bonds is 3. The molecule has 0 unspecified atom stereocenters. The van der Waals surface area contributed by atoms with Crippen LogP contribution in [0.3, 0.4) is 0 Å². The van der Waals surface area contributed by atoms with E-state index in [9.17, 15) is 0 Å². The Morgan fingerprint density at radius 3 is 2.14 bits per heavy atom. The van der Waals surface area contributed by atoms with Crippen molar-refractivity contribution < 1.29 is 4.74 Å². The van der Waals surface area contributed by atoms with Crippen LogP contribution in [0.25, 0.3) is 0 Å². The molecule has 0 bridgehead atoms. The maximum atomic E-state index is 6.28. The van der Waals surface area contributed by atoms with E-state index < -0.39 is 0 Å². The lowest BCUT2D eigenvalue weighted by Gasteiger charge is -2.50. The average Bonchev–Trinajstić information content (AvgIpc) is 2.37. The van der Waals surface area contributed by atoms with Crippen LogP contribution in [-0.2, 0) is 4.74 Å². The van der Waals surface area contributed by atoms with Crippen LogP contribution < -0.4 is 0 Å². The first-order valence-corrected chi connectivity index (χ1v) is 9.21. The Hall–Kier alpha value is -0.120. The van der Waals surface area contributed by atoms with E-state index in [1.54, 1.807) is 0 Å². The van der Waals surface area contributed by atoms with Crippen molar-refractivity contribution in [1.29, 1.82) is 0 Å². The molecule has 0 aromatic heterocycles. The molecule has 0 N–H and O–H groups in total. The lowest BCUT2D eigenvalue weighted by Crippen LogP contribution is -2.59. The maximum Gasteiger partial charge on any atom is 0.0833 e. The van der Waals surface area contributed by atoms with E-state index in [1.807, 2.05) is 0 Å². The summed E-state index contributed by atoms with van der Waals surface area (Å²) in [4.78, 5) is 5.27. The molecule has 2 rings (SSSR count). The van der Waals surface area contributed by atoms with Crippen molar-refractivity contribution in [1.82, 2.24) is 9.80 Å². The second kappa shape index (κ2) is 6.78. The molecule has 2 aliphatic heterocycles. The van der Waals surface area contributed by atoms with Crippen molar-refractivity contribution in [3.05, 3.63) is 0 Å². The van der Waals surface area contributed by atoms with E-state index in [4.69, 9.17) is 4.74 Å². The third-order valence-corrected chi connectivity index (χ3v) is 5.35. The first-order chi connectivity index (χ1) is 10.1. The summed E-state index contributed by atoms with van der Waals surface area (Å²) in [6.45, 7) is 20.8. The summed E-state index contributed by atoms with van der Waals surface area (Å²) in [5.41, 5.74) is 0.895. The summed E-state index contributed by atoms with van der Waals surface area (Å²) < 4.78 is 6.28. The number of likely N-dealkylation sites (tertiary alicyclic amines) is 1. The van der Waals surface area contributed by atoms with Crippen LogP contribution in [0, 0.1) is 5.41 Å². The predicted molar refractivity (Wildman–Crippen MR) is 94.4 cm³/mol. The molecular weight excluding hydrogens is 272 g/mol. The summed E-state index contributed by atoms with van der Waals surface area (Å²) in [5, 5.41) is 0. The van der Waals surface area contributed by atoms with Crippen molar-refractivity contribution >= 4 is 0 Å². The number of ether oxygens (including phenoxy) is 1. The average molecular weight is 311 g/mol. The molecule has 0 radical (unpaired) electrons. The number of hydrogen-bond donors (Lipinski definition) is 0. The zero-order valence-corrected chi connectivity index (χ0v) is 15.9. The van der Waals surface area contributed by atoms with Crippen molar-refractivity contribution in [3.8, 4) is 0 Å². The number of nitrogens with zero attached hydrogens (tertiary/aromatic N) is 2. The van der Waals surface area contributed by atoms with Crippen molar-refractivity contribution in [2.75, 3.05) is 39.3 Å². The Morgan fingerprint density at radius 2 is 1.59 bits per heavy atom. The molecule has 0 amide bonds. The third kappa shape index (κ3) is 5.21. The molecule has 1 spiro atoms. The fourth-order valence-corrected chi connectivity index (χ4v) is 3.83. The smallest absolute Gasteiger partial charge is 0.0833 e. The van der Waals surface area contributed by atoms with E-state index in [-0.39, 0.29) is 5.60 Å². The molecule has 0 saturated carbocycles. The zero-order valence-electron chi connectivity index (χ0n) is 15.9. The maximum absolute atomic E-state index is 6.28. The van der Waals surface area contributed by atoms with Crippen LogP contribution in [-0.4, -0.2) is 60.3 Å². The van der Waals surface area contributed by atoms with Gasteiger partial charge in [0.2, 0.25) is 0 Å². The highest BCUT2D eigenvalue weighted by Gasteiger charge is 2.41. The highest BCUT2D eigenvalue weighted by Crippen LogP contribution is 2.33. The monoisotopic (exact) mass is 310 g/mol. The quantitative estimate of drug-likeness (QED) is 0.789. The Balaban J connectivity index is 1.81. The van der Waals surface area contributed by atoms with Gasteiger partial charge in [0.15, 0.2) is 0 Å². The molecular formula is C19H38N2O. The number of piperidine rings is 1. The van der Waals surface area contributed by atoms with E-state index in [0.717, 1.165) is 19.7 Å². The minimum atomic E-state index is 0.141.